The van der Waals surface area contributed by atoms with Gasteiger partial charge in [-0.05, 0) is 29.4 Å². The minimum atomic E-state index is 0.103. The van der Waals surface area contributed by atoms with E-state index in [0.29, 0.717) is 0 Å². The Kier molecular flexibility index (Phi) is 4.54. The first-order chi connectivity index (χ1) is 9.81. The van der Waals surface area contributed by atoms with Crippen LogP contribution in [0.2, 0.25) is 0 Å². The molecule has 0 fully saturated rings. The smallest absolute Gasteiger partial charge is 0.129 e. The molecular formula is C17H13N3. The van der Waals surface area contributed by atoms with Gasteiger partial charge in [-0.2, -0.15) is 10.5 Å². The van der Waals surface area contributed by atoms with Crippen LogP contribution in [0, 0.1) is 22.7 Å². The summed E-state index contributed by atoms with van der Waals surface area (Å²) in [5, 5.41) is 17.3. The number of rotatable bonds is 3. The molecule has 1 aromatic rings. The fraction of sp³-hybridized carbons (Fsp3) is 0.0588. The van der Waals surface area contributed by atoms with Crippen molar-refractivity contribution in [1.29, 1.82) is 10.5 Å². The normalized spacial score (nSPS) is 12.5. The summed E-state index contributed by atoms with van der Waals surface area (Å²) in [5.41, 5.74) is 2.30. The first kappa shape index (κ1) is 13.4. The molecule has 0 unspecified atom stereocenters. The minimum Gasteiger partial charge on any atom is -0.350 e. The monoisotopic (exact) mass is 259 g/mol. The van der Waals surface area contributed by atoms with Gasteiger partial charge >= 0.3 is 0 Å². The molecule has 3 nitrogen and oxygen atoms in total. The lowest BCUT2D eigenvalue weighted by Gasteiger charge is -2.18. The van der Waals surface area contributed by atoms with Crippen LogP contribution in [0.4, 0.5) is 0 Å². The summed E-state index contributed by atoms with van der Waals surface area (Å²) in [6, 6.07) is 13.9. The van der Waals surface area contributed by atoms with E-state index in [1.54, 1.807) is 6.08 Å². The van der Waals surface area contributed by atoms with Gasteiger partial charge in [-0.15, -0.1) is 0 Å². The summed E-state index contributed by atoms with van der Waals surface area (Å²) < 4.78 is 0. The molecule has 0 aliphatic carbocycles. The Hall–Kier alpha value is -3.04. The first-order valence-electron chi connectivity index (χ1n) is 6.20. The van der Waals surface area contributed by atoms with E-state index in [9.17, 15) is 0 Å². The molecule has 0 amide bonds. The predicted molar refractivity (Wildman–Crippen MR) is 77.7 cm³/mol. The third kappa shape index (κ3) is 3.73. The molecule has 1 heterocycles. The van der Waals surface area contributed by atoms with Crippen molar-refractivity contribution in [2.45, 2.75) is 6.54 Å². The Morgan fingerprint density at radius 2 is 1.70 bits per heavy atom. The van der Waals surface area contributed by atoms with Crippen molar-refractivity contribution in [2.75, 3.05) is 0 Å². The van der Waals surface area contributed by atoms with E-state index in [2.05, 4.69) is 17.0 Å². The lowest BCUT2D eigenvalue weighted by Crippen LogP contribution is -2.11. The fourth-order valence-electron chi connectivity index (χ4n) is 1.76. The zero-order valence-corrected chi connectivity index (χ0v) is 10.9. The van der Waals surface area contributed by atoms with E-state index in [-0.39, 0.29) is 5.57 Å². The van der Waals surface area contributed by atoms with Crippen molar-refractivity contribution in [3.63, 3.8) is 0 Å². The van der Waals surface area contributed by atoms with Gasteiger partial charge in [0.1, 0.15) is 17.7 Å². The predicted octanol–water partition coefficient (Wildman–Crippen LogP) is 3.43. The second-order valence-corrected chi connectivity index (χ2v) is 4.26. The number of hydrogen-bond donors (Lipinski definition) is 0. The molecule has 2 rings (SSSR count). The van der Waals surface area contributed by atoms with Gasteiger partial charge in [-0.1, -0.05) is 36.4 Å². The van der Waals surface area contributed by atoms with Gasteiger partial charge in [0.15, 0.2) is 0 Å². The van der Waals surface area contributed by atoms with E-state index in [1.807, 2.05) is 54.9 Å². The molecule has 3 heteroatoms. The Balaban J connectivity index is 2.00. The van der Waals surface area contributed by atoms with Gasteiger partial charge in [0.05, 0.1) is 0 Å². The SMILES string of the molecule is N#CC(C#N)=CC=C1C=CN(Cc2ccccc2)C=C1. The van der Waals surface area contributed by atoms with Gasteiger partial charge in [0.25, 0.3) is 0 Å². The van der Waals surface area contributed by atoms with E-state index >= 15 is 0 Å². The molecule has 0 N–H and O–H groups in total. The molecule has 20 heavy (non-hydrogen) atoms. The molecule has 0 aromatic heterocycles. The Labute approximate surface area is 118 Å². The van der Waals surface area contributed by atoms with Crippen LogP contribution >= 0.6 is 0 Å². The lowest BCUT2D eigenvalue weighted by molar-refractivity contribution is 0.497. The number of benzene rings is 1. The third-order valence-corrected chi connectivity index (χ3v) is 2.81. The summed E-state index contributed by atoms with van der Waals surface area (Å²) >= 11 is 0. The number of allylic oxidation sites excluding steroid dienone is 6. The third-order valence-electron chi connectivity index (χ3n) is 2.81. The maximum atomic E-state index is 8.65. The number of hydrogen-bond acceptors (Lipinski definition) is 3. The van der Waals surface area contributed by atoms with E-state index < -0.39 is 0 Å². The van der Waals surface area contributed by atoms with Crippen LogP contribution in [0.5, 0.6) is 0 Å². The molecule has 0 spiro atoms. The van der Waals surface area contributed by atoms with Crippen LogP contribution in [0.25, 0.3) is 0 Å². The topological polar surface area (TPSA) is 50.8 Å². The standard InChI is InChI=1S/C17H13N3/c18-12-17(13-19)7-6-15-8-10-20(11-9-15)14-16-4-2-1-3-5-16/h1-11H,14H2. The Morgan fingerprint density at radius 1 is 1.05 bits per heavy atom. The van der Waals surface area contributed by atoms with Crippen molar-refractivity contribution in [2.24, 2.45) is 0 Å². The van der Waals surface area contributed by atoms with Gasteiger partial charge < -0.3 is 4.90 Å². The summed E-state index contributed by atoms with van der Waals surface area (Å²) in [6.45, 7) is 0.818. The van der Waals surface area contributed by atoms with E-state index in [0.717, 1.165) is 12.1 Å². The van der Waals surface area contributed by atoms with E-state index in [1.165, 1.54) is 11.6 Å². The quantitative estimate of drug-likeness (QED) is 0.781. The highest BCUT2D eigenvalue weighted by Crippen LogP contribution is 2.13. The van der Waals surface area contributed by atoms with Gasteiger partial charge in [-0.3, -0.25) is 0 Å². The molecular weight excluding hydrogens is 246 g/mol. The van der Waals surface area contributed by atoms with Gasteiger partial charge in [0, 0.05) is 18.9 Å². The molecule has 0 saturated carbocycles. The average Bonchev–Trinajstić information content (AvgIpc) is 2.51. The van der Waals surface area contributed by atoms with Crippen molar-refractivity contribution in [1.82, 2.24) is 4.90 Å². The fourth-order valence-corrected chi connectivity index (χ4v) is 1.76. The second kappa shape index (κ2) is 6.78. The summed E-state index contributed by atoms with van der Waals surface area (Å²) in [6.07, 6.45) is 11.1. The molecule has 0 bridgehead atoms. The Morgan fingerprint density at radius 3 is 2.30 bits per heavy atom. The summed E-state index contributed by atoms with van der Waals surface area (Å²) in [5.74, 6) is 0. The van der Waals surface area contributed by atoms with Gasteiger partial charge in [-0.25, -0.2) is 0 Å². The lowest BCUT2D eigenvalue weighted by atomic mass is 10.1. The largest absolute Gasteiger partial charge is 0.350 e. The Bertz CT molecular complexity index is 632. The summed E-state index contributed by atoms with van der Waals surface area (Å²) in [7, 11) is 0. The van der Waals surface area contributed by atoms with Crippen molar-refractivity contribution < 1.29 is 0 Å². The van der Waals surface area contributed by atoms with Crippen molar-refractivity contribution in [3.05, 3.63) is 83.7 Å². The van der Waals surface area contributed by atoms with E-state index in [4.69, 9.17) is 10.5 Å². The van der Waals surface area contributed by atoms with Crippen LogP contribution in [0.15, 0.2) is 78.2 Å². The molecule has 1 aliphatic heterocycles. The van der Waals surface area contributed by atoms with Crippen LogP contribution in [0.3, 0.4) is 0 Å². The summed E-state index contributed by atoms with van der Waals surface area (Å²) in [4.78, 5) is 2.08. The molecule has 0 atom stereocenters. The molecule has 1 aromatic carbocycles. The molecule has 0 radical (unpaired) electrons. The highest BCUT2D eigenvalue weighted by atomic mass is 15.1. The highest BCUT2D eigenvalue weighted by Gasteiger charge is 2.01. The maximum absolute atomic E-state index is 8.65. The number of nitriles is 2. The minimum absolute atomic E-state index is 0.103. The van der Waals surface area contributed by atoms with Gasteiger partial charge in [0.2, 0.25) is 0 Å². The van der Waals surface area contributed by atoms with Crippen LogP contribution in [-0.4, -0.2) is 4.90 Å². The maximum Gasteiger partial charge on any atom is 0.129 e. The molecule has 1 aliphatic rings. The number of nitrogens with zero attached hydrogens (tertiary/aromatic N) is 3. The average molecular weight is 259 g/mol. The van der Waals surface area contributed by atoms with Crippen LogP contribution < -0.4 is 0 Å². The first-order valence-corrected chi connectivity index (χ1v) is 6.20. The van der Waals surface area contributed by atoms with Crippen LogP contribution in [0.1, 0.15) is 5.56 Å². The molecule has 0 saturated heterocycles. The van der Waals surface area contributed by atoms with Crippen molar-refractivity contribution >= 4 is 0 Å². The molecule has 96 valence electrons. The zero-order valence-electron chi connectivity index (χ0n) is 10.9. The van der Waals surface area contributed by atoms with Crippen LogP contribution in [-0.2, 0) is 6.54 Å². The highest BCUT2D eigenvalue weighted by molar-refractivity contribution is 5.43. The van der Waals surface area contributed by atoms with Crippen molar-refractivity contribution in [3.8, 4) is 12.1 Å². The zero-order chi connectivity index (χ0) is 14.2. The second-order valence-electron chi connectivity index (χ2n) is 4.26.